The molecule has 7 heteroatoms. The molecule has 1 aromatic rings. The van der Waals surface area contributed by atoms with E-state index in [1.165, 1.54) is 25.7 Å². The van der Waals surface area contributed by atoms with Crippen LogP contribution in [0.25, 0.3) is 0 Å². The normalized spacial score (nSPS) is 16.1. The molecule has 148 valence electrons. The number of hydrogen-bond acceptors (Lipinski definition) is 3. The van der Waals surface area contributed by atoms with E-state index in [0.717, 1.165) is 36.8 Å². The second-order valence-electron chi connectivity index (χ2n) is 6.69. The van der Waals surface area contributed by atoms with Crippen LogP contribution in [0, 0.1) is 5.41 Å². The van der Waals surface area contributed by atoms with Crippen LogP contribution in [0.1, 0.15) is 37.7 Å². The van der Waals surface area contributed by atoms with Gasteiger partial charge >= 0.3 is 0 Å². The van der Waals surface area contributed by atoms with Crippen LogP contribution in [0.15, 0.2) is 23.2 Å². The molecule has 0 unspecified atom stereocenters. The Bertz CT molecular complexity index is 578. The number of hydrogen-bond donors (Lipinski definition) is 2. The molecule has 1 fully saturated rings. The van der Waals surface area contributed by atoms with E-state index in [-0.39, 0.29) is 24.0 Å². The first-order valence-electron chi connectivity index (χ1n) is 8.88. The number of halogens is 2. The summed E-state index contributed by atoms with van der Waals surface area (Å²) in [6.45, 7) is 2.37. The smallest absolute Gasteiger partial charge is 0.191 e. The maximum atomic E-state index is 6.02. The molecular formula is C19H31ClIN3O2. The van der Waals surface area contributed by atoms with Crippen LogP contribution in [-0.2, 0) is 11.3 Å². The number of nitrogens with one attached hydrogen (secondary N) is 2. The van der Waals surface area contributed by atoms with E-state index in [2.05, 4.69) is 15.6 Å². The highest BCUT2D eigenvalue weighted by atomic mass is 127. The van der Waals surface area contributed by atoms with Crippen LogP contribution in [0.3, 0.4) is 0 Å². The van der Waals surface area contributed by atoms with Gasteiger partial charge in [-0.1, -0.05) is 30.5 Å². The van der Waals surface area contributed by atoms with Crippen molar-refractivity contribution in [3.63, 3.8) is 0 Å². The monoisotopic (exact) mass is 495 g/mol. The van der Waals surface area contributed by atoms with Crippen LogP contribution in [0.2, 0.25) is 5.02 Å². The molecule has 0 saturated heterocycles. The fourth-order valence-corrected chi connectivity index (χ4v) is 3.66. The third kappa shape index (κ3) is 6.78. The van der Waals surface area contributed by atoms with Crippen molar-refractivity contribution in [3.8, 4) is 5.75 Å². The van der Waals surface area contributed by atoms with Crippen molar-refractivity contribution < 1.29 is 9.47 Å². The SMILES string of the molecule is CN=C(NCc1ccc(Cl)cc1OC)NCC1(CCOC)CCCC1.I. The topological polar surface area (TPSA) is 54.9 Å². The molecule has 0 aliphatic heterocycles. The van der Waals surface area contributed by atoms with Crippen molar-refractivity contribution in [3.05, 3.63) is 28.8 Å². The van der Waals surface area contributed by atoms with Crippen molar-refractivity contribution in [2.75, 3.05) is 34.4 Å². The van der Waals surface area contributed by atoms with Gasteiger partial charge in [-0.05, 0) is 36.8 Å². The first-order chi connectivity index (χ1) is 12.1. The molecule has 1 saturated carbocycles. The zero-order chi connectivity index (χ0) is 18.1. The van der Waals surface area contributed by atoms with Crippen LogP contribution in [0.5, 0.6) is 5.75 Å². The first-order valence-corrected chi connectivity index (χ1v) is 9.26. The summed E-state index contributed by atoms with van der Waals surface area (Å²) in [7, 11) is 5.23. The lowest BCUT2D eigenvalue weighted by atomic mass is 9.83. The standard InChI is InChI=1S/C19H30ClN3O2.HI/c1-21-18(22-13-15-6-7-16(20)12-17(15)25-3)23-14-19(10-11-24-2)8-4-5-9-19;/h6-7,12H,4-5,8-11,13-14H2,1-3H3,(H2,21,22,23);1H. The highest BCUT2D eigenvalue weighted by Gasteiger charge is 2.33. The van der Waals surface area contributed by atoms with Gasteiger partial charge in [0, 0.05) is 44.4 Å². The van der Waals surface area contributed by atoms with Crippen LogP contribution >= 0.6 is 35.6 Å². The van der Waals surface area contributed by atoms with Crippen LogP contribution in [0.4, 0.5) is 0 Å². The fourth-order valence-electron chi connectivity index (χ4n) is 3.49. The maximum absolute atomic E-state index is 6.02. The third-order valence-electron chi connectivity index (χ3n) is 5.05. The molecule has 1 aliphatic rings. The third-order valence-corrected chi connectivity index (χ3v) is 5.29. The molecule has 0 spiro atoms. The zero-order valence-corrected chi connectivity index (χ0v) is 19.0. The molecule has 2 N–H and O–H groups in total. The van der Waals surface area contributed by atoms with Crippen molar-refractivity contribution in [1.29, 1.82) is 0 Å². The van der Waals surface area contributed by atoms with Crippen molar-refractivity contribution >= 4 is 41.5 Å². The number of aliphatic imine (C=N–C) groups is 1. The van der Waals surface area contributed by atoms with E-state index < -0.39 is 0 Å². The summed E-state index contributed by atoms with van der Waals surface area (Å²) < 4.78 is 10.7. The molecule has 0 atom stereocenters. The summed E-state index contributed by atoms with van der Waals surface area (Å²) in [4.78, 5) is 4.34. The molecule has 0 radical (unpaired) electrons. The minimum Gasteiger partial charge on any atom is -0.496 e. The van der Waals surface area contributed by atoms with Gasteiger partial charge in [-0.3, -0.25) is 4.99 Å². The number of methoxy groups -OCH3 is 2. The molecular weight excluding hydrogens is 465 g/mol. The van der Waals surface area contributed by atoms with E-state index in [4.69, 9.17) is 21.1 Å². The summed E-state index contributed by atoms with van der Waals surface area (Å²) in [6.07, 6.45) is 6.22. The lowest BCUT2D eigenvalue weighted by Gasteiger charge is -2.30. The van der Waals surface area contributed by atoms with Crippen LogP contribution < -0.4 is 15.4 Å². The average molecular weight is 496 g/mol. The summed E-state index contributed by atoms with van der Waals surface area (Å²) in [5.41, 5.74) is 1.37. The fraction of sp³-hybridized carbons (Fsp3) is 0.632. The molecule has 1 aliphatic carbocycles. The Balaban J connectivity index is 0.00000338. The summed E-state index contributed by atoms with van der Waals surface area (Å²) >= 11 is 6.02. The lowest BCUT2D eigenvalue weighted by Crippen LogP contribution is -2.43. The molecule has 0 amide bonds. The Labute approximate surface area is 179 Å². The van der Waals surface area contributed by atoms with Gasteiger partial charge in [-0.15, -0.1) is 24.0 Å². The van der Waals surface area contributed by atoms with E-state index in [1.54, 1.807) is 21.3 Å². The van der Waals surface area contributed by atoms with Crippen molar-refractivity contribution in [2.45, 2.75) is 38.6 Å². The second kappa shape index (κ2) is 11.9. The van der Waals surface area contributed by atoms with Crippen molar-refractivity contribution in [2.24, 2.45) is 10.4 Å². The van der Waals surface area contributed by atoms with E-state index in [0.29, 0.717) is 17.0 Å². The number of nitrogens with zero attached hydrogens (tertiary/aromatic N) is 1. The summed E-state index contributed by atoms with van der Waals surface area (Å²) in [6, 6.07) is 5.67. The number of rotatable bonds is 8. The molecule has 0 bridgehead atoms. The van der Waals surface area contributed by atoms with Gasteiger partial charge in [0.2, 0.25) is 0 Å². The van der Waals surface area contributed by atoms with Gasteiger partial charge in [0.15, 0.2) is 5.96 Å². The highest BCUT2D eigenvalue weighted by molar-refractivity contribution is 14.0. The number of ether oxygens (including phenoxy) is 2. The summed E-state index contributed by atoms with van der Waals surface area (Å²) in [5, 5.41) is 7.53. The Hall–Kier alpha value is -0.730. The lowest BCUT2D eigenvalue weighted by molar-refractivity contribution is 0.138. The van der Waals surface area contributed by atoms with Gasteiger partial charge in [-0.2, -0.15) is 0 Å². The molecule has 2 rings (SSSR count). The largest absolute Gasteiger partial charge is 0.496 e. The predicted octanol–water partition coefficient (Wildman–Crippen LogP) is 4.23. The zero-order valence-electron chi connectivity index (χ0n) is 15.9. The average Bonchev–Trinajstić information content (AvgIpc) is 3.10. The van der Waals surface area contributed by atoms with E-state index in [9.17, 15) is 0 Å². The van der Waals surface area contributed by atoms with Gasteiger partial charge < -0.3 is 20.1 Å². The quantitative estimate of drug-likeness (QED) is 0.322. The molecule has 5 nitrogen and oxygen atoms in total. The first kappa shape index (κ1) is 23.3. The number of benzene rings is 1. The minimum atomic E-state index is 0. The molecule has 0 heterocycles. The molecule has 0 aromatic heterocycles. The molecule has 26 heavy (non-hydrogen) atoms. The van der Waals surface area contributed by atoms with Crippen LogP contribution in [-0.4, -0.2) is 40.4 Å². The summed E-state index contributed by atoms with van der Waals surface area (Å²) in [5.74, 6) is 1.59. The Kier molecular flexibility index (Phi) is 10.6. The number of guanidine groups is 1. The van der Waals surface area contributed by atoms with Gasteiger partial charge in [0.05, 0.1) is 7.11 Å². The van der Waals surface area contributed by atoms with E-state index >= 15 is 0 Å². The Morgan fingerprint density at radius 3 is 2.58 bits per heavy atom. The highest BCUT2D eigenvalue weighted by Crippen LogP contribution is 2.40. The Morgan fingerprint density at radius 1 is 1.23 bits per heavy atom. The van der Waals surface area contributed by atoms with Crippen molar-refractivity contribution in [1.82, 2.24) is 10.6 Å². The Morgan fingerprint density at radius 2 is 1.96 bits per heavy atom. The van der Waals surface area contributed by atoms with E-state index in [1.807, 2.05) is 18.2 Å². The predicted molar refractivity (Wildman–Crippen MR) is 119 cm³/mol. The van der Waals surface area contributed by atoms with Gasteiger partial charge in [0.1, 0.15) is 5.75 Å². The van der Waals surface area contributed by atoms with Gasteiger partial charge in [-0.25, -0.2) is 0 Å². The maximum Gasteiger partial charge on any atom is 0.191 e. The minimum absolute atomic E-state index is 0. The van der Waals surface area contributed by atoms with Gasteiger partial charge in [0.25, 0.3) is 0 Å². The molecule has 1 aromatic carbocycles. The second-order valence-corrected chi connectivity index (χ2v) is 7.12.